The zero-order valence-electron chi connectivity index (χ0n) is 16.6. The Hall–Kier alpha value is -3.06. The molecule has 0 aliphatic carbocycles. The number of benzene rings is 2. The molecule has 0 saturated carbocycles. The van der Waals surface area contributed by atoms with Crippen LogP contribution in [0.5, 0.6) is 11.5 Å². The molecule has 1 saturated heterocycles. The molecule has 1 atom stereocenters. The fraction of sp³-hybridized carbons (Fsp3) is 0.318. The van der Waals surface area contributed by atoms with E-state index in [9.17, 15) is 9.18 Å². The SMILES string of the molecule is COc1cc(F)c(-c2cc(=O)c3cc(N4CCN[C@@H](C)C4)ccc3o2)cc1OC. The van der Waals surface area contributed by atoms with Crippen LogP contribution in [0.15, 0.2) is 45.6 Å². The number of piperazine rings is 1. The molecule has 152 valence electrons. The number of rotatable bonds is 4. The highest BCUT2D eigenvalue weighted by atomic mass is 19.1. The molecule has 0 spiro atoms. The summed E-state index contributed by atoms with van der Waals surface area (Å²) in [5.74, 6) is 0.211. The second-order valence-corrected chi connectivity index (χ2v) is 7.14. The number of fused-ring (bicyclic) bond motifs is 1. The van der Waals surface area contributed by atoms with Crippen molar-refractivity contribution in [2.24, 2.45) is 0 Å². The van der Waals surface area contributed by atoms with Crippen molar-refractivity contribution in [3.8, 4) is 22.8 Å². The smallest absolute Gasteiger partial charge is 0.193 e. The molecule has 3 aromatic rings. The van der Waals surface area contributed by atoms with Gasteiger partial charge in [-0.1, -0.05) is 0 Å². The summed E-state index contributed by atoms with van der Waals surface area (Å²) < 4.78 is 30.8. The van der Waals surface area contributed by atoms with Gasteiger partial charge in [-0.3, -0.25) is 4.79 Å². The lowest BCUT2D eigenvalue weighted by atomic mass is 10.1. The highest BCUT2D eigenvalue weighted by Gasteiger charge is 2.19. The van der Waals surface area contributed by atoms with Gasteiger partial charge >= 0.3 is 0 Å². The van der Waals surface area contributed by atoms with E-state index in [1.54, 1.807) is 6.07 Å². The number of nitrogens with one attached hydrogen (secondary N) is 1. The van der Waals surface area contributed by atoms with Crippen molar-refractivity contribution in [2.75, 3.05) is 38.8 Å². The molecule has 29 heavy (non-hydrogen) atoms. The number of halogens is 1. The van der Waals surface area contributed by atoms with E-state index < -0.39 is 5.82 Å². The first-order chi connectivity index (χ1) is 14.0. The van der Waals surface area contributed by atoms with E-state index in [1.807, 2.05) is 12.1 Å². The van der Waals surface area contributed by atoms with Gasteiger partial charge in [-0.2, -0.15) is 0 Å². The predicted octanol–water partition coefficient (Wildman–Crippen LogP) is 3.41. The van der Waals surface area contributed by atoms with Crippen molar-refractivity contribution in [2.45, 2.75) is 13.0 Å². The molecular weight excluding hydrogens is 375 g/mol. The number of ether oxygens (including phenoxy) is 2. The van der Waals surface area contributed by atoms with E-state index in [-0.39, 0.29) is 22.5 Å². The number of anilines is 1. The third-order valence-electron chi connectivity index (χ3n) is 5.18. The molecule has 1 aliphatic rings. The van der Waals surface area contributed by atoms with Gasteiger partial charge in [-0.05, 0) is 31.2 Å². The van der Waals surface area contributed by atoms with Gasteiger partial charge in [0.1, 0.15) is 17.2 Å². The molecule has 0 unspecified atom stereocenters. The van der Waals surface area contributed by atoms with Gasteiger partial charge in [0.15, 0.2) is 16.9 Å². The van der Waals surface area contributed by atoms with E-state index >= 15 is 0 Å². The van der Waals surface area contributed by atoms with Crippen LogP contribution >= 0.6 is 0 Å². The number of hydrogen-bond donors (Lipinski definition) is 1. The molecule has 6 nitrogen and oxygen atoms in total. The minimum atomic E-state index is -0.559. The summed E-state index contributed by atoms with van der Waals surface area (Å²) >= 11 is 0. The van der Waals surface area contributed by atoms with Crippen LogP contribution in [0.25, 0.3) is 22.3 Å². The summed E-state index contributed by atoms with van der Waals surface area (Å²) in [6, 6.07) is 9.91. The molecule has 1 aromatic heterocycles. The summed E-state index contributed by atoms with van der Waals surface area (Å²) in [6.07, 6.45) is 0. The molecule has 7 heteroatoms. The zero-order chi connectivity index (χ0) is 20.5. The Morgan fingerprint density at radius 3 is 2.62 bits per heavy atom. The van der Waals surface area contributed by atoms with E-state index in [0.29, 0.717) is 22.8 Å². The van der Waals surface area contributed by atoms with Crippen molar-refractivity contribution in [1.82, 2.24) is 5.32 Å². The lowest BCUT2D eigenvalue weighted by Gasteiger charge is -2.33. The quantitative estimate of drug-likeness (QED) is 0.727. The Balaban J connectivity index is 1.77. The highest BCUT2D eigenvalue weighted by Crippen LogP contribution is 2.35. The fourth-order valence-corrected chi connectivity index (χ4v) is 3.68. The van der Waals surface area contributed by atoms with Gasteiger partial charge in [0.05, 0.1) is 25.2 Å². The van der Waals surface area contributed by atoms with E-state index in [2.05, 4.69) is 17.1 Å². The van der Waals surface area contributed by atoms with Crippen LogP contribution in [-0.4, -0.2) is 39.9 Å². The van der Waals surface area contributed by atoms with Gasteiger partial charge in [-0.15, -0.1) is 0 Å². The van der Waals surface area contributed by atoms with Crippen molar-refractivity contribution >= 4 is 16.7 Å². The highest BCUT2D eigenvalue weighted by molar-refractivity contribution is 5.82. The van der Waals surface area contributed by atoms with E-state index in [1.165, 1.54) is 32.4 Å². The zero-order valence-corrected chi connectivity index (χ0v) is 16.6. The maximum absolute atomic E-state index is 14.6. The average molecular weight is 398 g/mol. The van der Waals surface area contributed by atoms with Crippen LogP contribution in [0, 0.1) is 5.82 Å². The molecule has 1 fully saturated rings. The summed E-state index contributed by atoms with van der Waals surface area (Å²) in [7, 11) is 2.90. The summed E-state index contributed by atoms with van der Waals surface area (Å²) in [5.41, 5.74) is 1.30. The molecule has 0 amide bonds. The first-order valence-corrected chi connectivity index (χ1v) is 9.48. The number of hydrogen-bond acceptors (Lipinski definition) is 6. The monoisotopic (exact) mass is 398 g/mol. The molecule has 1 aliphatic heterocycles. The minimum absolute atomic E-state index is 0.140. The van der Waals surface area contributed by atoms with Crippen LogP contribution in [0.4, 0.5) is 10.1 Å². The van der Waals surface area contributed by atoms with E-state index in [4.69, 9.17) is 13.9 Å². The summed E-state index contributed by atoms with van der Waals surface area (Å²) in [4.78, 5) is 15.0. The molecule has 2 aromatic carbocycles. The van der Waals surface area contributed by atoms with Crippen LogP contribution in [0.2, 0.25) is 0 Å². The van der Waals surface area contributed by atoms with Crippen LogP contribution in [-0.2, 0) is 0 Å². The molecule has 4 rings (SSSR count). The molecule has 2 heterocycles. The second-order valence-electron chi connectivity index (χ2n) is 7.14. The molecular formula is C22H23FN2O4. The van der Waals surface area contributed by atoms with Gasteiger partial charge in [0.2, 0.25) is 0 Å². The van der Waals surface area contributed by atoms with Crippen molar-refractivity contribution < 1.29 is 18.3 Å². The standard InChI is InChI=1S/C22H23FN2O4/c1-13-12-25(7-6-24-13)14-4-5-19-16(8-14)18(26)11-20(29-19)15-9-21(27-2)22(28-3)10-17(15)23/h4-5,8-11,13,24H,6-7,12H2,1-3H3/t13-/m0/s1. The van der Waals surface area contributed by atoms with Gasteiger partial charge < -0.3 is 24.1 Å². The lowest BCUT2D eigenvalue weighted by molar-refractivity contribution is 0.352. The Labute approximate surface area is 167 Å². The third-order valence-corrected chi connectivity index (χ3v) is 5.18. The first-order valence-electron chi connectivity index (χ1n) is 9.48. The first kappa shape index (κ1) is 19.3. The average Bonchev–Trinajstić information content (AvgIpc) is 2.73. The van der Waals surface area contributed by atoms with E-state index in [0.717, 1.165) is 25.3 Å². The molecule has 0 bridgehead atoms. The van der Waals surface area contributed by atoms with Gasteiger partial charge in [0.25, 0.3) is 0 Å². The fourth-order valence-electron chi connectivity index (χ4n) is 3.68. The Morgan fingerprint density at radius 1 is 1.14 bits per heavy atom. The van der Waals surface area contributed by atoms with Crippen LogP contribution in [0.1, 0.15) is 6.92 Å². The molecule has 0 radical (unpaired) electrons. The van der Waals surface area contributed by atoms with Gasteiger partial charge in [-0.25, -0.2) is 4.39 Å². The van der Waals surface area contributed by atoms with Gasteiger partial charge in [0, 0.05) is 43.5 Å². The molecule has 1 N–H and O–H groups in total. The van der Waals surface area contributed by atoms with Crippen molar-refractivity contribution in [3.05, 3.63) is 52.4 Å². The maximum atomic E-state index is 14.6. The second kappa shape index (κ2) is 7.75. The van der Waals surface area contributed by atoms with Crippen LogP contribution < -0.4 is 25.1 Å². The Bertz CT molecular complexity index is 1110. The lowest BCUT2D eigenvalue weighted by Crippen LogP contribution is -2.49. The number of nitrogens with zero attached hydrogens (tertiary/aromatic N) is 1. The normalized spacial score (nSPS) is 16.8. The van der Waals surface area contributed by atoms with Crippen LogP contribution in [0.3, 0.4) is 0 Å². The Kier molecular flexibility index (Phi) is 5.15. The predicted molar refractivity (Wildman–Crippen MR) is 111 cm³/mol. The number of methoxy groups -OCH3 is 2. The Morgan fingerprint density at radius 2 is 1.90 bits per heavy atom. The largest absolute Gasteiger partial charge is 0.493 e. The third kappa shape index (κ3) is 3.65. The minimum Gasteiger partial charge on any atom is -0.493 e. The summed E-state index contributed by atoms with van der Waals surface area (Å²) in [5, 5.41) is 3.87. The van der Waals surface area contributed by atoms with Crippen molar-refractivity contribution in [1.29, 1.82) is 0 Å². The maximum Gasteiger partial charge on any atom is 0.193 e. The van der Waals surface area contributed by atoms with Crippen molar-refractivity contribution in [3.63, 3.8) is 0 Å². The topological polar surface area (TPSA) is 63.9 Å². The summed E-state index contributed by atoms with van der Waals surface area (Å²) in [6.45, 7) is 4.76.